The molecule has 1 N–H and O–H groups in total. The molecule has 4 heteroatoms. The Morgan fingerprint density at radius 3 is 2.54 bits per heavy atom. The van der Waals surface area contributed by atoms with Crippen LogP contribution in [0.3, 0.4) is 0 Å². The van der Waals surface area contributed by atoms with E-state index < -0.39 is 0 Å². The third-order valence-electron chi connectivity index (χ3n) is 4.28. The number of ether oxygens (including phenoxy) is 1. The van der Waals surface area contributed by atoms with Gasteiger partial charge >= 0.3 is 5.97 Å². The van der Waals surface area contributed by atoms with Crippen LogP contribution >= 0.6 is 0 Å². The molecule has 0 spiro atoms. The van der Waals surface area contributed by atoms with Crippen molar-refractivity contribution < 1.29 is 14.6 Å². The number of hydrogen-bond acceptors (Lipinski definition) is 4. The Morgan fingerprint density at radius 1 is 1.17 bits per heavy atom. The molecule has 0 fully saturated rings. The van der Waals surface area contributed by atoms with Gasteiger partial charge in [0.1, 0.15) is 0 Å². The van der Waals surface area contributed by atoms with Gasteiger partial charge in [-0.25, -0.2) is 0 Å². The fourth-order valence-corrected chi connectivity index (χ4v) is 2.79. The summed E-state index contributed by atoms with van der Waals surface area (Å²) in [7, 11) is 0. The second-order valence-corrected chi connectivity index (χ2v) is 6.81. The monoisotopic (exact) mass is 335 g/mol. The van der Waals surface area contributed by atoms with E-state index in [4.69, 9.17) is 4.74 Å². The second kappa shape index (κ2) is 12.9. The van der Waals surface area contributed by atoms with Gasteiger partial charge in [-0.2, -0.15) is 0 Å². The van der Waals surface area contributed by atoms with Crippen LogP contribution in [0, 0.1) is 5.92 Å². The van der Waals surface area contributed by atoms with Gasteiger partial charge in [0.05, 0.1) is 12.7 Å². The number of unbranched alkanes of at least 4 members (excludes halogenated alkanes) is 3. The van der Waals surface area contributed by atoms with E-state index in [2.05, 4.69) is 18.0 Å². The second-order valence-electron chi connectivity index (χ2n) is 6.81. The lowest BCUT2D eigenvalue weighted by Crippen LogP contribution is -2.09. The highest BCUT2D eigenvalue weighted by atomic mass is 16.5. The van der Waals surface area contributed by atoms with E-state index in [1.165, 1.54) is 12.5 Å². The Hall–Kier alpha value is -1.42. The van der Waals surface area contributed by atoms with E-state index >= 15 is 0 Å². The average Bonchev–Trinajstić information content (AvgIpc) is 2.57. The van der Waals surface area contributed by atoms with Gasteiger partial charge in [0.2, 0.25) is 0 Å². The first-order valence-electron chi connectivity index (χ1n) is 9.28. The standard InChI is InChI=1S/C20H33NO3/c1-17(16-24-18(2)22)9-4-3-5-12-20(23)13-7-6-10-19-11-8-14-21-15-19/h8,11,14-15,17,20,23H,3-7,9-10,12-13,16H2,1-2H3. The summed E-state index contributed by atoms with van der Waals surface area (Å²) in [5.74, 6) is 0.222. The number of carbonyl (C=O) groups is 1. The van der Waals surface area contributed by atoms with Crippen LogP contribution in [-0.2, 0) is 16.0 Å². The Bertz CT molecular complexity index is 436. The van der Waals surface area contributed by atoms with Crippen molar-refractivity contribution >= 4 is 5.97 Å². The molecule has 0 aliphatic rings. The minimum atomic E-state index is -0.200. The SMILES string of the molecule is CC(=O)OCC(C)CCCCCC(O)CCCCc1cccnc1. The number of aliphatic hydroxyl groups is 1. The Kier molecular flexibility index (Phi) is 11.1. The Morgan fingerprint density at radius 2 is 1.88 bits per heavy atom. The van der Waals surface area contributed by atoms with Crippen molar-refractivity contribution in [1.82, 2.24) is 4.98 Å². The van der Waals surface area contributed by atoms with Crippen LogP contribution in [0.5, 0.6) is 0 Å². The Balaban J connectivity index is 1.92. The molecule has 0 aromatic carbocycles. The van der Waals surface area contributed by atoms with Crippen molar-refractivity contribution in [3.8, 4) is 0 Å². The summed E-state index contributed by atoms with van der Waals surface area (Å²) in [4.78, 5) is 14.9. The topological polar surface area (TPSA) is 59.4 Å². The fourth-order valence-electron chi connectivity index (χ4n) is 2.79. The number of aromatic nitrogens is 1. The molecule has 0 bridgehead atoms. The molecule has 2 atom stereocenters. The van der Waals surface area contributed by atoms with Crippen LogP contribution < -0.4 is 0 Å². The van der Waals surface area contributed by atoms with E-state index in [9.17, 15) is 9.90 Å². The molecular weight excluding hydrogens is 302 g/mol. The zero-order valence-electron chi connectivity index (χ0n) is 15.2. The third-order valence-corrected chi connectivity index (χ3v) is 4.28. The molecule has 1 aromatic rings. The molecule has 0 amide bonds. The van der Waals surface area contributed by atoms with Crippen LogP contribution in [0.15, 0.2) is 24.5 Å². The van der Waals surface area contributed by atoms with E-state index in [-0.39, 0.29) is 12.1 Å². The number of nitrogens with zero attached hydrogens (tertiary/aromatic N) is 1. The van der Waals surface area contributed by atoms with Crippen molar-refractivity contribution in [2.24, 2.45) is 5.92 Å². The van der Waals surface area contributed by atoms with Crippen LogP contribution in [0.2, 0.25) is 0 Å². The first kappa shape index (κ1) is 20.6. The maximum atomic E-state index is 10.7. The highest BCUT2D eigenvalue weighted by Crippen LogP contribution is 2.14. The number of pyridine rings is 1. The molecule has 4 nitrogen and oxygen atoms in total. The van der Waals surface area contributed by atoms with Gasteiger partial charge in [-0.15, -0.1) is 0 Å². The Labute approximate surface area is 146 Å². The molecule has 1 heterocycles. The van der Waals surface area contributed by atoms with E-state index in [0.717, 1.165) is 57.8 Å². The summed E-state index contributed by atoms with van der Waals surface area (Å²) >= 11 is 0. The molecule has 0 saturated carbocycles. The fraction of sp³-hybridized carbons (Fsp3) is 0.700. The zero-order chi connectivity index (χ0) is 17.6. The van der Waals surface area contributed by atoms with Gasteiger partial charge in [0.25, 0.3) is 0 Å². The van der Waals surface area contributed by atoms with Crippen LogP contribution in [0.4, 0.5) is 0 Å². The number of carbonyl (C=O) groups excluding carboxylic acids is 1. The molecule has 0 aliphatic heterocycles. The summed E-state index contributed by atoms with van der Waals surface area (Å²) in [5, 5.41) is 10.0. The van der Waals surface area contributed by atoms with Gasteiger partial charge in [-0.3, -0.25) is 9.78 Å². The quantitative estimate of drug-likeness (QED) is 0.431. The van der Waals surface area contributed by atoms with Crippen molar-refractivity contribution in [2.75, 3.05) is 6.61 Å². The molecule has 24 heavy (non-hydrogen) atoms. The molecule has 0 radical (unpaired) electrons. The highest BCUT2D eigenvalue weighted by Gasteiger charge is 2.06. The predicted octanol–water partition coefficient (Wildman–Crippen LogP) is 4.31. The smallest absolute Gasteiger partial charge is 0.302 e. The van der Waals surface area contributed by atoms with Crippen LogP contribution in [-0.4, -0.2) is 28.8 Å². The maximum Gasteiger partial charge on any atom is 0.302 e. The first-order valence-corrected chi connectivity index (χ1v) is 9.28. The summed E-state index contributed by atoms with van der Waals surface area (Å²) in [6.07, 6.45) is 13.0. The van der Waals surface area contributed by atoms with Gasteiger partial charge in [-0.05, 0) is 49.7 Å². The molecule has 0 saturated heterocycles. The number of aliphatic hydroxyl groups excluding tert-OH is 1. The van der Waals surface area contributed by atoms with Gasteiger partial charge in [-0.1, -0.05) is 38.7 Å². The zero-order valence-corrected chi connectivity index (χ0v) is 15.2. The van der Waals surface area contributed by atoms with E-state index in [1.54, 1.807) is 6.20 Å². The maximum absolute atomic E-state index is 10.7. The van der Waals surface area contributed by atoms with Crippen LogP contribution in [0.25, 0.3) is 0 Å². The first-order chi connectivity index (χ1) is 11.6. The molecule has 1 rings (SSSR count). The number of esters is 1. The number of aryl methyl sites for hydroxylation is 1. The predicted molar refractivity (Wildman–Crippen MR) is 96.7 cm³/mol. The number of hydrogen-bond donors (Lipinski definition) is 1. The van der Waals surface area contributed by atoms with Crippen molar-refractivity contribution in [3.63, 3.8) is 0 Å². The van der Waals surface area contributed by atoms with Crippen molar-refractivity contribution in [3.05, 3.63) is 30.1 Å². The molecular formula is C20H33NO3. The lowest BCUT2D eigenvalue weighted by Gasteiger charge is -2.12. The minimum absolute atomic E-state index is 0.169. The van der Waals surface area contributed by atoms with Crippen molar-refractivity contribution in [1.29, 1.82) is 0 Å². The van der Waals surface area contributed by atoms with Gasteiger partial charge in [0.15, 0.2) is 0 Å². The molecule has 2 unspecified atom stereocenters. The van der Waals surface area contributed by atoms with Crippen molar-refractivity contribution in [2.45, 2.75) is 77.7 Å². The lowest BCUT2D eigenvalue weighted by molar-refractivity contribution is -0.142. The number of rotatable bonds is 13. The molecule has 136 valence electrons. The summed E-state index contributed by atoms with van der Waals surface area (Å²) in [5.41, 5.74) is 1.27. The largest absolute Gasteiger partial charge is 0.466 e. The lowest BCUT2D eigenvalue weighted by atomic mass is 10.00. The van der Waals surface area contributed by atoms with E-state index in [0.29, 0.717) is 12.5 Å². The molecule has 1 aromatic heterocycles. The van der Waals surface area contributed by atoms with Crippen LogP contribution in [0.1, 0.15) is 70.8 Å². The average molecular weight is 335 g/mol. The minimum Gasteiger partial charge on any atom is -0.466 e. The molecule has 0 aliphatic carbocycles. The summed E-state index contributed by atoms with van der Waals surface area (Å²) in [6.45, 7) is 4.08. The normalized spacial score (nSPS) is 13.5. The van der Waals surface area contributed by atoms with Gasteiger partial charge in [0, 0.05) is 19.3 Å². The third kappa shape index (κ3) is 11.2. The highest BCUT2D eigenvalue weighted by molar-refractivity contribution is 5.65. The van der Waals surface area contributed by atoms with Gasteiger partial charge < -0.3 is 9.84 Å². The van der Waals surface area contributed by atoms with E-state index in [1.807, 2.05) is 12.3 Å². The summed E-state index contributed by atoms with van der Waals surface area (Å²) < 4.78 is 5.00. The summed E-state index contributed by atoms with van der Waals surface area (Å²) in [6, 6.07) is 4.07.